The van der Waals surface area contributed by atoms with Gasteiger partial charge in [-0.25, -0.2) is 9.07 Å². The van der Waals surface area contributed by atoms with Crippen LogP contribution < -0.4 is 5.32 Å². The van der Waals surface area contributed by atoms with Crippen LogP contribution in [-0.4, -0.2) is 32.0 Å². The number of hydrogen-bond acceptors (Lipinski definition) is 3. The summed E-state index contributed by atoms with van der Waals surface area (Å²) in [4.78, 5) is 12.3. The van der Waals surface area contributed by atoms with Crippen molar-refractivity contribution in [2.75, 3.05) is 6.54 Å². The van der Waals surface area contributed by atoms with Crippen LogP contribution in [0.4, 0.5) is 17.6 Å². The van der Waals surface area contributed by atoms with Crippen LogP contribution in [0.15, 0.2) is 36.5 Å². The molecule has 1 N–H and O–H groups in total. The Bertz CT molecular complexity index is 1020. The third kappa shape index (κ3) is 4.47. The first-order valence-electron chi connectivity index (χ1n) is 8.88. The first-order chi connectivity index (χ1) is 13.7. The van der Waals surface area contributed by atoms with Gasteiger partial charge in [-0.15, -0.1) is 0 Å². The molecular formula is C19H19F4N5O. The number of aromatic nitrogens is 4. The molecule has 1 aromatic carbocycles. The minimum Gasteiger partial charge on any atom is -0.352 e. The van der Waals surface area contributed by atoms with Crippen LogP contribution >= 0.6 is 0 Å². The highest BCUT2D eigenvalue weighted by molar-refractivity contribution is 5.95. The zero-order valence-corrected chi connectivity index (χ0v) is 15.8. The van der Waals surface area contributed by atoms with Crippen molar-refractivity contribution in [3.8, 4) is 5.69 Å². The Morgan fingerprint density at radius 3 is 2.55 bits per heavy atom. The molecule has 0 aliphatic carbocycles. The molecule has 10 heteroatoms. The largest absolute Gasteiger partial charge is 0.434 e. The van der Waals surface area contributed by atoms with E-state index in [4.69, 9.17) is 0 Å². The number of carbonyl (C=O) groups is 1. The first-order valence-corrected chi connectivity index (χ1v) is 8.88. The normalized spacial score (nSPS) is 11.7. The topological polar surface area (TPSA) is 64.7 Å². The maximum absolute atomic E-state index is 14.0. The molecule has 0 unspecified atom stereocenters. The van der Waals surface area contributed by atoms with Crippen molar-refractivity contribution in [2.45, 2.75) is 33.0 Å². The molecule has 0 bridgehead atoms. The first kappa shape index (κ1) is 20.6. The Morgan fingerprint density at radius 2 is 1.93 bits per heavy atom. The van der Waals surface area contributed by atoms with Crippen molar-refractivity contribution in [3.63, 3.8) is 0 Å². The van der Waals surface area contributed by atoms with Crippen molar-refractivity contribution < 1.29 is 22.4 Å². The second-order valence-electron chi connectivity index (χ2n) is 6.53. The van der Waals surface area contributed by atoms with Crippen molar-refractivity contribution in [1.29, 1.82) is 0 Å². The van der Waals surface area contributed by atoms with Crippen LogP contribution in [0.5, 0.6) is 0 Å². The van der Waals surface area contributed by atoms with Gasteiger partial charge in [0.2, 0.25) is 0 Å². The third-order valence-corrected chi connectivity index (χ3v) is 4.30. The quantitative estimate of drug-likeness (QED) is 0.499. The Morgan fingerprint density at radius 1 is 1.21 bits per heavy atom. The van der Waals surface area contributed by atoms with Gasteiger partial charge < -0.3 is 5.32 Å². The molecule has 2 heterocycles. The molecule has 0 atom stereocenters. The van der Waals surface area contributed by atoms with E-state index in [1.165, 1.54) is 12.1 Å². The minimum absolute atomic E-state index is 0.152. The summed E-state index contributed by atoms with van der Waals surface area (Å²) in [5, 5.41) is 10.3. The number of nitrogens with zero attached hydrogens (tertiary/aromatic N) is 4. The maximum Gasteiger partial charge on any atom is 0.434 e. The molecule has 154 valence electrons. The van der Waals surface area contributed by atoms with Gasteiger partial charge in [-0.3, -0.25) is 9.48 Å². The number of aryl methyl sites for hydroxylation is 3. The summed E-state index contributed by atoms with van der Waals surface area (Å²) in [7, 11) is 0. The van der Waals surface area contributed by atoms with Gasteiger partial charge in [0.1, 0.15) is 11.5 Å². The fourth-order valence-electron chi connectivity index (χ4n) is 3.02. The van der Waals surface area contributed by atoms with Gasteiger partial charge in [-0.05, 0) is 38.5 Å². The SMILES string of the molecule is Cc1cc(C)n(CCCNC(=O)c2cnn(-c3ccccc3F)c2C(F)(F)F)n1. The van der Waals surface area contributed by atoms with E-state index < -0.39 is 29.2 Å². The minimum atomic E-state index is -4.89. The van der Waals surface area contributed by atoms with Crippen LogP contribution in [0.25, 0.3) is 5.69 Å². The predicted molar refractivity (Wildman–Crippen MR) is 97.2 cm³/mol. The molecule has 2 aromatic heterocycles. The molecule has 1 amide bonds. The summed E-state index contributed by atoms with van der Waals surface area (Å²) in [6, 6.07) is 6.83. The fraction of sp³-hybridized carbons (Fsp3) is 0.316. The van der Waals surface area contributed by atoms with Crippen LogP contribution in [-0.2, 0) is 12.7 Å². The highest BCUT2D eigenvalue weighted by Gasteiger charge is 2.40. The molecule has 29 heavy (non-hydrogen) atoms. The zero-order chi connectivity index (χ0) is 21.2. The Balaban J connectivity index is 1.75. The molecule has 0 saturated heterocycles. The lowest BCUT2D eigenvalue weighted by Crippen LogP contribution is -2.28. The van der Waals surface area contributed by atoms with Gasteiger partial charge in [0.25, 0.3) is 5.91 Å². The van der Waals surface area contributed by atoms with Gasteiger partial charge in [-0.1, -0.05) is 12.1 Å². The monoisotopic (exact) mass is 409 g/mol. The van der Waals surface area contributed by atoms with E-state index in [2.05, 4.69) is 15.5 Å². The van der Waals surface area contributed by atoms with Crippen molar-refractivity contribution in [2.24, 2.45) is 0 Å². The molecule has 3 rings (SSSR count). The number of hydrogen-bond donors (Lipinski definition) is 1. The summed E-state index contributed by atoms with van der Waals surface area (Å²) < 4.78 is 56.9. The van der Waals surface area contributed by atoms with Crippen molar-refractivity contribution in [1.82, 2.24) is 24.9 Å². The second-order valence-corrected chi connectivity index (χ2v) is 6.53. The molecule has 0 aliphatic heterocycles. The number of alkyl halides is 3. The standard InChI is InChI=1S/C19H19F4N5O/c1-12-10-13(2)27(26-12)9-5-8-24-18(29)14-11-25-28(17(14)19(21,22)23)16-7-4-3-6-15(16)20/h3-4,6-7,10-11H,5,8-9H2,1-2H3,(H,24,29). The lowest BCUT2D eigenvalue weighted by atomic mass is 10.2. The zero-order valence-electron chi connectivity index (χ0n) is 15.8. The van der Waals surface area contributed by atoms with Crippen LogP contribution in [0, 0.1) is 19.7 Å². The van der Waals surface area contributed by atoms with E-state index in [0.717, 1.165) is 29.7 Å². The Labute approximate surface area is 164 Å². The summed E-state index contributed by atoms with van der Waals surface area (Å²) in [6.07, 6.45) is -3.61. The molecule has 3 aromatic rings. The maximum atomic E-state index is 14.0. The number of rotatable bonds is 6. The summed E-state index contributed by atoms with van der Waals surface area (Å²) >= 11 is 0. The number of halogens is 4. The van der Waals surface area contributed by atoms with Crippen LogP contribution in [0.1, 0.15) is 33.9 Å². The molecule has 0 spiro atoms. The summed E-state index contributed by atoms with van der Waals surface area (Å²) in [5.74, 6) is -1.80. The highest BCUT2D eigenvalue weighted by Crippen LogP contribution is 2.34. The third-order valence-electron chi connectivity index (χ3n) is 4.30. The number of para-hydroxylation sites is 1. The van der Waals surface area contributed by atoms with Crippen molar-refractivity contribution in [3.05, 3.63) is 65.0 Å². The van der Waals surface area contributed by atoms with Gasteiger partial charge in [0.05, 0.1) is 17.5 Å². The van der Waals surface area contributed by atoms with Gasteiger partial charge in [-0.2, -0.15) is 23.4 Å². The smallest absolute Gasteiger partial charge is 0.352 e. The lowest BCUT2D eigenvalue weighted by Gasteiger charge is -2.13. The predicted octanol–water partition coefficient (Wildman–Crippen LogP) is 3.66. The average molecular weight is 409 g/mol. The lowest BCUT2D eigenvalue weighted by molar-refractivity contribution is -0.143. The van der Waals surface area contributed by atoms with E-state index in [1.807, 2.05) is 19.9 Å². The van der Waals surface area contributed by atoms with Crippen molar-refractivity contribution >= 4 is 5.91 Å². The van der Waals surface area contributed by atoms with Gasteiger partial charge in [0.15, 0.2) is 5.69 Å². The van der Waals surface area contributed by atoms with E-state index >= 15 is 0 Å². The fourth-order valence-corrected chi connectivity index (χ4v) is 3.02. The van der Waals surface area contributed by atoms with E-state index in [-0.39, 0.29) is 12.2 Å². The molecule has 0 saturated carbocycles. The number of benzene rings is 1. The van der Waals surface area contributed by atoms with E-state index in [9.17, 15) is 22.4 Å². The Kier molecular flexibility index (Phi) is 5.71. The molecular weight excluding hydrogens is 390 g/mol. The number of carbonyl (C=O) groups excluding carboxylic acids is 1. The number of amides is 1. The number of nitrogens with one attached hydrogen (secondary N) is 1. The van der Waals surface area contributed by atoms with Gasteiger partial charge in [0, 0.05) is 18.8 Å². The van der Waals surface area contributed by atoms with Crippen LogP contribution in [0.2, 0.25) is 0 Å². The van der Waals surface area contributed by atoms with Gasteiger partial charge >= 0.3 is 6.18 Å². The highest BCUT2D eigenvalue weighted by atomic mass is 19.4. The average Bonchev–Trinajstić information content (AvgIpc) is 3.22. The summed E-state index contributed by atoms with van der Waals surface area (Å²) in [5.41, 5.74) is -0.546. The second kappa shape index (κ2) is 8.06. The molecule has 6 nitrogen and oxygen atoms in total. The molecule has 0 radical (unpaired) electrons. The Hall–Kier alpha value is -3.17. The van der Waals surface area contributed by atoms with Crippen LogP contribution in [0.3, 0.4) is 0 Å². The molecule has 0 aliphatic rings. The molecule has 0 fully saturated rings. The van der Waals surface area contributed by atoms with E-state index in [1.54, 1.807) is 4.68 Å². The van der Waals surface area contributed by atoms with E-state index in [0.29, 0.717) is 17.6 Å². The summed E-state index contributed by atoms with van der Waals surface area (Å²) in [6.45, 7) is 4.42.